The molecule has 0 aromatic heterocycles. The number of carbonyl (C=O) groups is 3. The normalized spacial score (nSPS) is 14.7. The summed E-state index contributed by atoms with van der Waals surface area (Å²) in [5, 5.41) is 55.0. The van der Waals surface area contributed by atoms with Crippen LogP contribution in [0, 0.1) is 0 Å². The number of hydrogen-bond donors (Lipinski definition) is 6. The molecule has 0 aliphatic heterocycles. The van der Waals surface area contributed by atoms with Gasteiger partial charge in [0.25, 0.3) is 5.78 Å². The Morgan fingerprint density at radius 3 is 2.17 bits per heavy atom. The molecule has 0 saturated carbocycles. The molecule has 0 amide bonds. The highest BCUT2D eigenvalue weighted by atomic mass is 16.4. The number of Topliss-reactive ketones (excluding diaryl/α,β-unsaturated/α-hetero) is 3. The summed E-state index contributed by atoms with van der Waals surface area (Å²) < 4.78 is 0. The predicted molar refractivity (Wildman–Crippen MR) is 78.2 cm³/mol. The summed E-state index contributed by atoms with van der Waals surface area (Å²) in [5.74, 6) is -5.02. The molecule has 24 heavy (non-hydrogen) atoms. The fourth-order valence-corrected chi connectivity index (χ4v) is 1.84. The standard InChI is InChI=1S/C15H18O9/c16-6-11(20)13(22)15(24)14(23)12(21)9(18)4-2-7-1-3-8(17)10(19)5-7/h1,3,5,11,13,15-17,19-20,22,24H,2,4,6H2/t11-,13-,15+/m1/s1. The molecule has 0 fully saturated rings. The zero-order valence-corrected chi connectivity index (χ0v) is 12.5. The number of hydrogen-bond acceptors (Lipinski definition) is 9. The van der Waals surface area contributed by atoms with Crippen LogP contribution in [0.15, 0.2) is 18.2 Å². The molecule has 0 heterocycles. The SMILES string of the molecule is O=C(CCc1ccc(O)c(O)c1)C(=O)C(=O)[C@@H](O)[C@H](O)[C@H](O)CO. The molecule has 0 spiro atoms. The largest absolute Gasteiger partial charge is 0.504 e. The highest BCUT2D eigenvalue weighted by Crippen LogP contribution is 2.25. The van der Waals surface area contributed by atoms with Crippen molar-refractivity contribution in [1.82, 2.24) is 0 Å². The van der Waals surface area contributed by atoms with Gasteiger partial charge in [-0.2, -0.15) is 0 Å². The quantitative estimate of drug-likeness (QED) is 0.166. The zero-order valence-electron chi connectivity index (χ0n) is 12.5. The molecule has 0 bridgehead atoms. The van der Waals surface area contributed by atoms with Crippen molar-refractivity contribution in [3.05, 3.63) is 23.8 Å². The Morgan fingerprint density at radius 1 is 1.00 bits per heavy atom. The molecule has 9 nitrogen and oxygen atoms in total. The lowest BCUT2D eigenvalue weighted by molar-refractivity contribution is -0.153. The van der Waals surface area contributed by atoms with E-state index in [0.717, 1.165) is 0 Å². The molecule has 1 aromatic carbocycles. The Hall–Kier alpha value is -2.33. The third-order valence-corrected chi connectivity index (χ3v) is 3.33. The molecule has 9 heteroatoms. The molecule has 132 valence electrons. The van der Waals surface area contributed by atoms with Gasteiger partial charge in [0.15, 0.2) is 11.5 Å². The number of aromatic hydroxyl groups is 2. The second kappa shape index (κ2) is 8.50. The van der Waals surface area contributed by atoms with E-state index in [1.165, 1.54) is 18.2 Å². The molecule has 6 N–H and O–H groups in total. The lowest BCUT2D eigenvalue weighted by Crippen LogP contribution is -2.47. The maximum atomic E-state index is 11.7. The summed E-state index contributed by atoms with van der Waals surface area (Å²) in [4.78, 5) is 34.9. The van der Waals surface area contributed by atoms with Crippen molar-refractivity contribution in [1.29, 1.82) is 0 Å². The van der Waals surface area contributed by atoms with E-state index >= 15 is 0 Å². The average molecular weight is 342 g/mol. The number of aliphatic hydroxyl groups is 4. The van der Waals surface area contributed by atoms with Crippen LogP contribution in [-0.4, -0.2) is 72.9 Å². The van der Waals surface area contributed by atoms with E-state index in [9.17, 15) is 29.7 Å². The van der Waals surface area contributed by atoms with Crippen molar-refractivity contribution >= 4 is 17.3 Å². The Morgan fingerprint density at radius 2 is 1.62 bits per heavy atom. The number of rotatable bonds is 9. The Balaban J connectivity index is 2.65. The molecule has 1 rings (SSSR count). The van der Waals surface area contributed by atoms with Crippen molar-refractivity contribution in [3.63, 3.8) is 0 Å². The van der Waals surface area contributed by atoms with E-state index in [1.54, 1.807) is 0 Å². The maximum Gasteiger partial charge on any atom is 0.266 e. The Labute approximate surface area is 136 Å². The first kappa shape index (κ1) is 19.7. The summed E-state index contributed by atoms with van der Waals surface area (Å²) >= 11 is 0. The average Bonchev–Trinajstić information content (AvgIpc) is 2.58. The zero-order chi connectivity index (χ0) is 18.4. The molecule has 1 aromatic rings. The minimum atomic E-state index is -2.33. The van der Waals surface area contributed by atoms with Crippen LogP contribution in [0.1, 0.15) is 12.0 Å². The van der Waals surface area contributed by atoms with Crippen molar-refractivity contribution in [2.45, 2.75) is 31.2 Å². The number of phenolic OH excluding ortho intramolecular Hbond substituents is 2. The van der Waals surface area contributed by atoms with Gasteiger partial charge >= 0.3 is 0 Å². The summed E-state index contributed by atoms with van der Waals surface area (Å²) in [7, 11) is 0. The van der Waals surface area contributed by atoms with Gasteiger partial charge in [0.1, 0.15) is 18.3 Å². The second-order valence-electron chi connectivity index (χ2n) is 5.12. The van der Waals surface area contributed by atoms with E-state index in [4.69, 9.17) is 15.3 Å². The van der Waals surface area contributed by atoms with Gasteiger partial charge in [-0.1, -0.05) is 6.07 Å². The van der Waals surface area contributed by atoms with E-state index in [1.807, 2.05) is 0 Å². The van der Waals surface area contributed by atoms with Gasteiger partial charge in [-0.15, -0.1) is 0 Å². The molecule has 0 saturated heterocycles. The van der Waals surface area contributed by atoms with Crippen LogP contribution in [-0.2, 0) is 20.8 Å². The van der Waals surface area contributed by atoms with Crippen molar-refractivity contribution in [3.8, 4) is 11.5 Å². The molecule has 0 radical (unpaired) electrons. The van der Waals surface area contributed by atoms with Crippen molar-refractivity contribution in [2.75, 3.05) is 6.61 Å². The van der Waals surface area contributed by atoms with Crippen LogP contribution in [0.3, 0.4) is 0 Å². The first-order valence-electron chi connectivity index (χ1n) is 6.96. The fourth-order valence-electron chi connectivity index (χ4n) is 1.84. The molecule has 3 atom stereocenters. The van der Waals surface area contributed by atoms with Crippen LogP contribution >= 0.6 is 0 Å². The molecule has 0 aliphatic rings. The van der Waals surface area contributed by atoms with Crippen LogP contribution in [0.25, 0.3) is 0 Å². The van der Waals surface area contributed by atoms with Crippen LogP contribution in [0.5, 0.6) is 11.5 Å². The topological polar surface area (TPSA) is 173 Å². The van der Waals surface area contributed by atoms with Gasteiger partial charge in [0, 0.05) is 6.42 Å². The van der Waals surface area contributed by atoms with Crippen molar-refractivity contribution in [2.24, 2.45) is 0 Å². The first-order valence-corrected chi connectivity index (χ1v) is 6.96. The van der Waals surface area contributed by atoms with Gasteiger partial charge in [-0.3, -0.25) is 14.4 Å². The summed E-state index contributed by atoms with van der Waals surface area (Å²) in [6.45, 7) is -0.946. The lowest BCUT2D eigenvalue weighted by Gasteiger charge is -2.19. The summed E-state index contributed by atoms with van der Waals surface area (Å²) in [5.41, 5.74) is 0.426. The second-order valence-corrected chi connectivity index (χ2v) is 5.12. The highest BCUT2D eigenvalue weighted by molar-refractivity contribution is 6.64. The van der Waals surface area contributed by atoms with Crippen LogP contribution in [0.4, 0.5) is 0 Å². The van der Waals surface area contributed by atoms with E-state index < -0.39 is 54.4 Å². The Kier molecular flexibility index (Phi) is 6.98. The van der Waals surface area contributed by atoms with Crippen molar-refractivity contribution < 1.29 is 45.0 Å². The third-order valence-electron chi connectivity index (χ3n) is 3.33. The first-order chi connectivity index (χ1) is 11.2. The minimum absolute atomic E-state index is 0.0103. The molecule has 0 aliphatic carbocycles. The smallest absolute Gasteiger partial charge is 0.266 e. The van der Waals surface area contributed by atoms with Gasteiger partial charge in [0.2, 0.25) is 11.6 Å². The number of aryl methyl sites for hydroxylation is 1. The number of ketones is 3. The maximum absolute atomic E-state index is 11.7. The van der Waals surface area contributed by atoms with Gasteiger partial charge in [-0.05, 0) is 24.1 Å². The summed E-state index contributed by atoms with van der Waals surface area (Å²) in [6.07, 6.45) is -6.69. The number of benzene rings is 1. The predicted octanol–water partition coefficient (Wildman–Crippen LogP) is -2.19. The number of aliphatic hydroxyl groups excluding tert-OH is 4. The van der Waals surface area contributed by atoms with Gasteiger partial charge in [0.05, 0.1) is 6.61 Å². The van der Waals surface area contributed by atoms with Gasteiger partial charge in [-0.25, -0.2) is 0 Å². The Bertz CT molecular complexity index is 625. The number of carbonyl (C=O) groups excluding carboxylic acids is 3. The third kappa shape index (κ3) is 4.83. The monoisotopic (exact) mass is 342 g/mol. The number of phenols is 2. The lowest BCUT2D eigenvalue weighted by atomic mass is 9.97. The fraction of sp³-hybridized carbons (Fsp3) is 0.400. The van der Waals surface area contributed by atoms with E-state index in [-0.39, 0.29) is 12.2 Å². The highest BCUT2D eigenvalue weighted by Gasteiger charge is 2.36. The van der Waals surface area contributed by atoms with Crippen LogP contribution < -0.4 is 0 Å². The van der Waals surface area contributed by atoms with Gasteiger partial charge < -0.3 is 30.6 Å². The molecule has 0 unspecified atom stereocenters. The van der Waals surface area contributed by atoms with Crippen LogP contribution in [0.2, 0.25) is 0 Å². The summed E-state index contributed by atoms with van der Waals surface area (Å²) in [6, 6.07) is 3.79. The molecular weight excluding hydrogens is 324 g/mol. The van der Waals surface area contributed by atoms with E-state index in [2.05, 4.69) is 0 Å². The van der Waals surface area contributed by atoms with E-state index in [0.29, 0.717) is 5.56 Å². The minimum Gasteiger partial charge on any atom is -0.504 e. The molecular formula is C15H18O9.